The van der Waals surface area contributed by atoms with E-state index in [4.69, 9.17) is 4.74 Å². The first-order valence-corrected chi connectivity index (χ1v) is 10.6. The van der Waals surface area contributed by atoms with Crippen LogP contribution in [0, 0.1) is 5.92 Å². The van der Waals surface area contributed by atoms with Gasteiger partial charge in [0.2, 0.25) is 0 Å². The summed E-state index contributed by atoms with van der Waals surface area (Å²) in [6, 6.07) is 12.0. The van der Waals surface area contributed by atoms with E-state index in [1.165, 1.54) is 0 Å². The van der Waals surface area contributed by atoms with Gasteiger partial charge < -0.3 is 4.74 Å². The summed E-state index contributed by atoms with van der Waals surface area (Å²) in [5.74, 6) is -0.990. The fourth-order valence-electron chi connectivity index (χ4n) is 4.13. The number of carbonyl (C=O) groups excluding carboxylic acids is 2. The Morgan fingerprint density at radius 3 is 2.79 bits per heavy atom. The van der Waals surface area contributed by atoms with Crippen LogP contribution >= 0.6 is 11.3 Å². The summed E-state index contributed by atoms with van der Waals surface area (Å²) in [6.07, 6.45) is 2.83. The largest absolute Gasteiger partial charge is 0.465 e. The first-order valence-electron chi connectivity index (χ1n) is 9.69. The van der Waals surface area contributed by atoms with E-state index in [2.05, 4.69) is 4.99 Å². The van der Waals surface area contributed by atoms with E-state index in [1.54, 1.807) is 11.3 Å². The Labute approximate surface area is 169 Å². The Balaban J connectivity index is 1.58. The summed E-state index contributed by atoms with van der Waals surface area (Å²) < 4.78 is 5.65. The molecule has 1 aromatic carbocycles. The lowest BCUT2D eigenvalue weighted by Crippen LogP contribution is -2.37. The summed E-state index contributed by atoms with van der Waals surface area (Å²) in [5, 5.41) is 4.02. The van der Waals surface area contributed by atoms with E-state index >= 15 is 0 Å². The Morgan fingerprint density at radius 2 is 2.04 bits per heavy atom. The minimum absolute atomic E-state index is 0.121. The normalized spacial score (nSPS) is 21.9. The fourth-order valence-corrected chi connectivity index (χ4v) is 4.82. The van der Waals surface area contributed by atoms with Crippen LogP contribution < -0.4 is 0 Å². The number of carbonyl (C=O) groups is 2. The van der Waals surface area contributed by atoms with Crippen molar-refractivity contribution in [2.24, 2.45) is 10.9 Å². The van der Waals surface area contributed by atoms with Crippen molar-refractivity contribution in [1.29, 1.82) is 0 Å². The van der Waals surface area contributed by atoms with Gasteiger partial charge in [-0.2, -0.15) is 11.3 Å². The summed E-state index contributed by atoms with van der Waals surface area (Å²) in [4.78, 5) is 30.4. The quantitative estimate of drug-likeness (QED) is 0.691. The van der Waals surface area contributed by atoms with Gasteiger partial charge in [-0.1, -0.05) is 30.3 Å². The maximum absolute atomic E-state index is 13.1. The molecular formula is C23H23NO3S. The molecule has 2 unspecified atom stereocenters. The highest BCUT2D eigenvalue weighted by atomic mass is 32.1. The van der Waals surface area contributed by atoms with E-state index in [0.29, 0.717) is 19.4 Å². The smallest absolute Gasteiger partial charge is 0.315 e. The van der Waals surface area contributed by atoms with E-state index < -0.39 is 5.92 Å². The maximum atomic E-state index is 13.1. The van der Waals surface area contributed by atoms with Gasteiger partial charge in [0, 0.05) is 35.7 Å². The van der Waals surface area contributed by atoms with Crippen LogP contribution in [0.2, 0.25) is 0 Å². The zero-order valence-corrected chi connectivity index (χ0v) is 16.7. The van der Waals surface area contributed by atoms with Crippen LogP contribution in [-0.4, -0.2) is 24.1 Å². The van der Waals surface area contributed by atoms with Crippen molar-refractivity contribution in [3.8, 4) is 0 Å². The van der Waals surface area contributed by atoms with Gasteiger partial charge in [-0.05, 0) is 47.7 Å². The first-order chi connectivity index (χ1) is 13.6. The van der Waals surface area contributed by atoms with Gasteiger partial charge in [-0.25, -0.2) is 0 Å². The van der Waals surface area contributed by atoms with Crippen molar-refractivity contribution in [3.05, 3.63) is 69.6 Å². The molecule has 0 fully saturated rings. The molecule has 0 amide bonds. The van der Waals surface area contributed by atoms with Crippen molar-refractivity contribution < 1.29 is 14.3 Å². The Morgan fingerprint density at radius 1 is 1.21 bits per heavy atom. The number of hydrogen-bond donors (Lipinski definition) is 0. The number of rotatable bonds is 5. The topological polar surface area (TPSA) is 55.7 Å². The molecule has 2 atom stereocenters. The minimum Gasteiger partial charge on any atom is -0.465 e. The molecule has 0 N–H and O–H groups in total. The van der Waals surface area contributed by atoms with Crippen LogP contribution in [0.4, 0.5) is 0 Å². The third-order valence-corrected chi connectivity index (χ3v) is 6.17. The van der Waals surface area contributed by atoms with Crippen molar-refractivity contribution in [2.75, 3.05) is 6.61 Å². The average Bonchev–Trinajstić information content (AvgIpc) is 3.22. The number of Topliss-reactive ketones (excluding diaryl/α,β-unsaturated/α-hetero) is 1. The molecular weight excluding hydrogens is 370 g/mol. The lowest BCUT2D eigenvalue weighted by Gasteiger charge is -2.33. The molecule has 1 aromatic heterocycles. The standard InChI is InChI=1S/C23H23NO3S/c1-15-20(23(26)27-12-10-16-6-3-2-4-7-16)21(17-11-13-28-14-17)22-18(24-15)8-5-9-19(22)25/h2-4,6-7,11,13-14,20-21H,5,8-10,12H2,1H3. The van der Waals surface area contributed by atoms with Crippen molar-refractivity contribution in [1.82, 2.24) is 0 Å². The molecule has 0 bridgehead atoms. The second kappa shape index (κ2) is 8.23. The number of aliphatic imine (C=N–C) groups is 1. The number of benzene rings is 1. The van der Waals surface area contributed by atoms with Crippen LogP contribution in [0.15, 0.2) is 63.4 Å². The minimum atomic E-state index is -0.536. The SMILES string of the molecule is CC1=NC2=C(C(=O)CCC2)C(c2ccsc2)C1C(=O)OCCc1ccccc1. The second-order valence-electron chi connectivity index (χ2n) is 7.31. The molecule has 2 heterocycles. The number of ether oxygens (including phenoxy) is 1. The number of thiophene rings is 1. The van der Waals surface area contributed by atoms with Crippen LogP contribution in [0.5, 0.6) is 0 Å². The molecule has 28 heavy (non-hydrogen) atoms. The molecule has 5 heteroatoms. The maximum Gasteiger partial charge on any atom is 0.315 e. The molecule has 4 nitrogen and oxygen atoms in total. The van der Waals surface area contributed by atoms with Crippen LogP contribution in [0.1, 0.15) is 43.2 Å². The predicted molar refractivity (Wildman–Crippen MR) is 111 cm³/mol. The van der Waals surface area contributed by atoms with Crippen LogP contribution in [0.25, 0.3) is 0 Å². The number of hydrogen-bond acceptors (Lipinski definition) is 5. The zero-order chi connectivity index (χ0) is 19.5. The average molecular weight is 394 g/mol. The number of allylic oxidation sites excluding steroid dienone is 2. The Bertz CT molecular complexity index is 928. The van der Waals surface area contributed by atoms with Crippen LogP contribution in [0.3, 0.4) is 0 Å². The van der Waals surface area contributed by atoms with Gasteiger partial charge in [0.25, 0.3) is 0 Å². The van der Waals surface area contributed by atoms with Gasteiger partial charge in [0.05, 0.1) is 6.61 Å². The van der Waals surface area contributed by atoms with Crippen molar-refractivity contribution >= 4 is 28.8 Å². The second-order valence-corrected chi connectivity index (χ2v) is 8.09. The summed E-state index contributed by atoms with van der Waals surface area (Å²) in [7, 11) is 0. The molecule has 0 radical (unpaired) electrons. The number of esters is 1. The summed E-state index contributed by atoms with van der Waals surface area (Å²) >= 11 is 1.58. The van der Waals surface area contributed by atoms with Gasteiger partial charge in [-0.15, -0.1) is 0 Å². The molecule has 1 aliphatic carbocycles. The molecule has 0 saturated carbocycles. The molecule has 144 valence electrons. The zero-order valence-electron chi connectivity index (χ0n) is 15.9. The van der Waals surface area contributed by atoms with E-state index in [9.17, 15) is 9.59 Å². The molecule has 0 saturated heterocycles. The van der Waals surface area contributed by atoms with Gasteiger partial charge in [0.15, 0.2) is 5.78 Å². The van der Waals surface area contributed by atoms with Crippen LogP contribution in [-0.2, 0) is 20.7 Å². The van der Waals surface area contributed by atoms with E-state index in [-0.39, 0.29) is 17.7 Å². The molecule has 4 rings (SSSR count). The molecule has 2 aliphatic rings. The van der Waals surface area contributed by atoms with Gasteiger partial charge in [0.1, 0.15) is 5.92 Å². The fraction of sp³-hybridized carbons (Fsp3) is 0.348. The Hall–Kier alpha value is -2.53. The molecule has 1 aliphatic heterocycles. The van der Waals surface area contributed by atoms with Crippen molar-refractivity contribution in [3.63, 3.8) is 0 Å². The third-order valence-electron chi connectivity index (χ3n) is 5.47. The van der Waals surface area contributed by atoms with E-state index in [1.807, 2.05) is 54.1 Å². The predicted octanol–water partition coefficient (Wildman–Crippen LogP) is 4.72. The monoisotopic (exact) mass is 393 g/mol. The highest BCUT2D eigenvalue weighted by Gasteiger charge is 2.43. The van der Waals surface area contributed by atoms with Crippen molar-refractivity contribution in [2.45, 2.75) is 38.5 Å². The number of nitrogens with zero attached hydrogens (tertiary/aromatic N) is 1. The first kappa shape index (κ1) is 18.8. The van der Waals surface area contributed by atoms with Gasteiger partial charge in [-0.3, -0.25) is 14.6 Å². The molecule has 0 spiro atoms. The Kier molecular flexibility index (Phi) is 5.53. The van der Waals surface area contributed by atoms with Gasteiger partial charge >= 0.3 is 5.97 Å². The summed E-state index contributed by atoms with van der Waals surface area (Å²) in [6.45, 7) is 2.20. The third kappa shape index (κ3) is 3.72. The van der Waals surface area contributed by atoms with E-state index in [0.717, 1.165) is 41.0 Å². The lowest BCUT2D eigenvalue weighted by atomic mass is 9.72. The highest BCUT2D eigenvalue weighted by molar-refractivity contribution is 7.08. The molecule has 2 aromatic rings. The lowest BCUT2D eigenvalue weighted by molar-refractivity contribution is -0.146. The summed E-state index contributed by atoms with van der Waals surface area (Å²) in [5.41, 5.74) is 4.46. The number of ketones is 1. The highest BCUT2D eigenvalue weighted by Crippen LogP contribution is 2.44.